The molecule has 30 heavy (non-hydrogen) atoms. The maximum Gasteiger partial charge on any atom is 0.0583 e. The second-order valence-corrected chi connectivity index (χ2v) is 12.4. The molecule has 9 atom stereocenters. The van der Waals surface area contributed by atoms with Crippen LogP contribution in [0.3, 0.4) is 0 Å². The Labute approximate surface area is 185 Å². The summed E-state index contributed by atoms with van der Waals surface area (Å²) < 4.78 is 0. The van der Waals surface area contributed by atoms with Crippen molar-refractivity contribution in [2.24, 2.45) is 46.3 Å². The average Bonchev–Trinajstić information content (AvgIpc) is 3.04. The first-order chi connectivity index (χ1) is 14.1. The van der Waals surface area contributed by atoms with Crippen LogP contribution < -0.4 is 0 Å². The minimum atomic E-state index is -0.253. The Morgan fingerprint density at radius 1 is 1.10 bits per heavy atom. The molecule has 4 aliphatic carbocycles. The fourth-order valence-corrected chi connectivity index (χ4v) is 8.09. The average molecular weight is 415 g/mol. The van der Waals surface area contributed by atoms with E-state index in [1.165, 1.54) is 25.7 Å². The SMILES string of the molecule is CC(=CC[C@@H](C)C(C)C)[C@H]1CC[C@H]2[C@@H]3C[C@H](O)[C@H]4C[C@@H](O)CC[C@]4(C)C3=CC[C@]12C. The molecule has 0 aromatic rings. The zero-order valence-corrected chi connectivity index (χ0v) is 20.3. The highest BCUT2D eigenvalue weighted by atomic mass is 16.3. The van der Waals surface area contributed by atoms with E-state index in [2.05, 4.69) is 53.7 Å². The van der Waals surface area contributed by atoms with Gasteiger partial charge in [0.15, 0.2) is 0 Å². The van der Waals surface area contributed by atoms with Crippen LogP contribution in [-0.2, 0) is 0 Å². The van der Waals surface area contributed by atoms with Crippen molar-refractivity contribution in [2.45, 2.75) is 105 Å². The molecule has 2 nitrogen and oxygen atoms in total. The molecular formula is C28H46O2. The van der Waals surface area contributed by atoms with Gasteiger partial charge in [-0.25, -0.2) is 0 Å². The number of aliphatic hydroxyl groups excluding tert-OH is 2. The third-order valence-corrected chi connectivity index (χ3v) is 10.5. The largest absolute Gasteiger partial charge is 0.393 e. The minimum absolute atomic E-state index is 0.0958. The predicted octanol–water partition coefficient (Wildman–Crippen LogP) is 6.53. The molecule has 3 saturated carbocycles. The van der Waals surface area contributed by atoms with Gasteiger partial charge in [0.2, 0.25) is 0 Å². The molecule has 4 rings (SSSR count). The van der Waals surface area contributed by atoms with Crippen LogP contribution in [-0.4, -0.2) is 22.4 Å². The summed E-state index contributed by atoms with van der Waals surface area (Å²) in [5.74, 6) is 3.66. The first-order valence-corrected chi connectivity index (χ1v) is 12.8. The number of hydrogen-bond donors (Lipinski definition) is 2. The van der Waals surface area contributed by atoms with E-state index in [1.807, 2.05) is 0 Å². The zero-order valence-electron chi connectivity index (χ0n) is 20.3. The van der Waals surface area contributed by atoms with E-state index in [0.717, 1.165) is 37.5 Å². The normalized spacial score (nSPS) is 47.4. The van der Waals surface area contributed by atoms with Crippen molar-refractivity contribution in [3.63, 3.8) is 0 Å². The van der Waals surface area contributed by atoms with Gasteiger partial charge in [0.05, 0.1) is 12.2 Å². The quantitative estimate of drug-likeness (QED) is 0.514. The van der Waals surface area contributed by atoms with Crippen molar-refractivity contribution in [1.29, 1.82) is 0 Å². The van der Waals surface area contributed by atoms with Crippen LogP contribution in [0.2, 0.25) is 0 Å². The molecule has 170 valence electrons. The van der Waals surface area contributed by atoms with Gasteiger partial charge in [0.1, 0.15) is 0 Å². The van der Waals surface area contributed by atoms with E-state index in [9.17, 15) is 10.2 Å². The summed E-state index contributed by atoms with van der Waals surface area (Å²) in [7, 11) is 0. The molecule has 0 amide bonds. The summed E-state index contributed by atoms with van der Waals surface area (Å²) >= 11 is 0. The number of fused-ring (bicyclic) bond motifs is 5. The highest BCUT2D eigenvalue weighted by molar-refractivity contribution is 5.31. The summed E-state index contributed by atoms with van der Waals surface area (Å²) in [6.07, 6.45) is 13.3. The fourth-order valence-electron chi connectivity index (χ4n) is 8.09. The van der Waals surface area contributed by atoms with Crippen molar-refractivity contribution in [3.8, 4) is 0 Å². The van der Waals surface area contributed by atoms with E-state index in [1.54, 1.807) is 11.1 Å². The van der Waals surface area contributed by atoms with Crippen LogP contribution in [0.1, 0.15) is 92.9 Å². The Kier molecular flexibility index (Phi) is 6.08. The zero-order chi connectivity index (χ0) is 21.8. The molecule has 2 N–H and O–H groups in total. The molecule has 0 heterocycles. The van der Waals surface area contributed by atoms with Crippen molar-refractivity contribution in [1.82, 2.24) is 0 Å². The lowest BCUT2D eigenvalue weighted by molar-refractivity contribution is -0.0807. The lowest BCUT2D eigenvalue weighted by atomic mass is 9.48. The van der Waals surface area contributed by atoms with E-state index >= 15 is 0 Å². The van der Waals surface area contributed by atoms with Crippen molar-refractivity contribution < 1.29 is 10.2 Å². The first kappa shape index (κ1) is 22.6. The molecule has 0 unspecified atom stereocenters. The topological polar surface area (TPSA) is 40.5 Å². The molecular weight excluding hydrogens is 368 g/mol. The van der Waals surface area contributed by atoms with E-state index in [0.29, 0.717) is 23.2 Å². The van der Waals surface area contributed by atoms with Gasteiger partial charge in [-0.1, -0.05) is 57.9 Å². The standard InChI is InChI=1S/C28H46O2/c1-17(2)18(3)7-8-19(4)22-9-10-23-21-16-26(30)25-15-20(29)11-13-28(25,6)24(21)12-14-27(22,23)5/h8,12,17-18,20-23,25-26,29-30H,7,9-11,13-16H2,1-6H3/t18-,20+,21+,22-,23+,25-,26+,27-,28-/m1/s1. The summed E-state index contributed by atoms with van der Waals surface area (Å²) in [4.78, 5) is 0. The van der Waals surface area contributed by atoms with Crippen LogP contribution in [0.25, 0.3) is 0 Å². The Balaban J connectivity index is 1.59. The minimum Gasteiger partial charge on any atom is -0.393 e. The number of hydrogen-bond acceptors (Lipinski definition) is 2. The molecule has 0 radical (unpaired) electrons. The van der Waals surface area contributed by atoms with Crippen LogP contribution >= 0.6 is 0 Å². The lowest BCUT2D eigenvalue weighted by Gasteiger charge is -2.58. The van der Waals surface area contributed by atoms with Gasteiger partial charge in [0.25, 0.3) is 0 Å². The summed E-state index contributed by atoms with van der Waals surface area (Å²) in [5.41, 5.74) is 3.71. The van der Waals surface area contributed by atoms with E-state index in [4.69, 9.17) is 0 Å². The molecule has 2 heteroatoms. The highest BCUT2D eigenvalue weighted by Gasteiger charge is 2.59. The van der Waals surface area contributed by atoms with Gasteiger partial charge in [0, 0.05) is 0 Å². The summed E-state index contributed by atoms with van der Waals surface area (Å²) in [6, 6.07) is 0. The number of allylic oxidation sites excluding steroid dienone is 4. The molecule has 0 saturated heterocycles. The van der Waals surface area contributed by atoms with Crippen molar-refractivity contribution in [3.05, 3.63) is 23.3 Å². The Hall–Kier alpha value is -0.600. The number of rotatable bonds is 4. The lowest BCUT2D eigenvalue weighted by Crippen LogP contribution is -2.53. The fraction of sp³-hybridized carbons (Fsp3) is 0.857. The third kappa shape index (κ3) is 3.54. The Morgan fingerprint density at radius 2 is 1.83 bits per heavy atom. The molecule has 0 bridgehead atoms. The van der Waals surface area contributed by atoms with Gasteiger partial charge >= 0.3 is 0 Å². The predicted molar refractivity (Wildman–Crippen MR) is 125 cm³/mol. The first-order valence-electron chi connectivity index (χ1n) is 12.8. The second-order valence-electron chi connectivity index (χ2n) is 12.4. The molecule has 0 aromatic heterocycles. The third-order valence-electron chi connectivity index (χ3n) is 10.5. The summed E-state index contributed by atoms with van der Waals surface area (Å²) in [5, 5.41) is 21.4. The van der Waals surface area contributed by atoms with Gasteiger partial charge in [-0.15, -0.1) is 0 Å². The van der Waals surface area contributed by atoms with Crippen molar-refractivity contribution in [2.75, 3.05) is 0 Å². The molecule has 0 spiro atoms. The number of aliphatic hydroxyl groups is 2. The van der Waals surface area contributed by atoms with Crippen molar-refractivity contribution >= 4 is 0 Å². The van der Waals surface area contributed by atoms with Crippen LogP contribution in [0.4, 0.5) is 0 Å². The molecule has 4 aliphatic rings. The van der Waals surface area contributed by atoms with Gasteiger partial charge in [-0.3, -0.25) is 0 Å². The van der Waals surface area contributed by atoms with E-state index < -0.39 is 0 Å². The molecule has 0 aromatic carbocycles. The Bertz CT molecular complexity index is 705. The van der Waals surface area contributed by atoms with Gasteiger partial charge in [-0.2, -0.15) is 0 Å². The monoisotopic (exact) mass is 414 g/mol. The maximum atomic E-state index is 11.2. The second kappa shape index (κ2) is 8.07. The van der Waals surface area contributed by atoms with Crippen LogP contribution in [0.15, 0.2) is 23.3 Å². The Morgan fingerprint density at radius 3 is 2.53 bits per heavy atom. The van der Waals surface area contributed by atoms with Crippen LogP contribution in [0, 0.1) is 46.3 Å². The van der Waals surface area contributed by atoms with Gasteiger partial charge < -0.3 is 10.2 Å². The highest BCUT2D eigenvalue weighted by Crippen LogP contribution is 2.66. The molecule has 0 aliphatic heterocycles. The molecule has 3 fully saturated rings. The van der Waals surface area contributed by atoms with Gasteiger partial charge in [-0.05, 0) is 105 Å². The van der Waals surface area contributed by atoms with Crippen LogP contribution in [0.5, 0.6) is 0 Å². The smallest absolute Gasteiger partial charge is 0.0583 e. The maximum absolute atomic E-state index is 11.2. The van der Waals surface area contributed by atoms with E-state index in [-0.39, 0.29) is 23.5 Å². The summed E-state index contributed by atoms with van der Waals surface area (Å²) in [6.45, 7) is 14.4.